The minimum Gasteiger partial charge on any atom is -0.496 e. The van der Waals surface area contributed by atoms with Crippen molar-refractivity contribution < 1.29 is 9.53 Å². The molecule has 0 fully saturated rings. The second-order valence-corrected chi connectivity index (χ2v) is 4.53. The maximum absolute atomic E-state index is 11.8. The molecule has 0 spiro atoms. The van der Waals surface area contributed by atoms with Gasteiger partial charge in [0.2, 0.25) is 0 Å². The molecular formula is C13H16O2. The Balaban J connectivity index is 2.61. The van der Waals surface area contributed by atoms with Crippen LogP contribution in [0.15, 0.2) is 18.2 Å². The summed E-state index contributed by atoms with van der Waals surface area (Å²) in [6.07, 6.45) is 1.43. The van der Waals surface area contributed by atoms with Crippen molar-refractivity contribution in [3.05, 3.63) is 29.3 Å². The maximum Gasteiger partial charge on any atom is 0.143 e. The predicted molar refractivity (Wildman–Crippen MR) is 59.3 cm³/mol. The van der Waals surface area contributed by atoms with Gasteiger partial charge in [0.05, 0.1) is 7.11 Å². The standard InChI is InChI=1S/C13H16O2/c1-13(2)10-5-4-6-11(15-3)9(10)7-8-12(13)14/h4-6H,7-8H2,1-3H3. The lowest BCUT2D eigenvalue weighted by Gasteiger charge is -2.31. The first-order valence-corrected chi connectivity index (χ1v) is 5.27. The first kappa shape index (κ1) is 10.2. The van der Waals surface area contributed by atoms with E-state index >= 15 is 0 Å². The Morgan fingerprint density at radius 1 is 1.27 bits per heavy atom. The number of benzene rings is 1. The van der Waals surface area contributed by atoms with Crippen LogP contribution < -0.4 is 4.74 Å². The van der Waals surface area contributed by atoms with E-state index in [1.807, 2.05) is 32.0 Å². The van der Waals surface area contributed by atoms with E-state index in [9.17, 15) is 4.79 Å². The Labute approximate surface area is 90.3 Å². The van der Waals surface area contributed by atoms with Gasteiger partial charge in [0.1, 0.15) is 11.5 Å². The van der Waals surface area contributed by atoms with Gasteiger partial charge in [0.15, 0.2) is 0 Å². The van der Waals surface area contributed by atoms with Gasteiger partial charge in [0.25, 0.3) is 0 Å². The van der Waals surface area contributed by atoms with Crippen molar-refractivity contribution in [3.8, 4) is 5.75 Å². The smallest absolute Gasteiger partial charge is 0.143 e. The molecule has 0 bridgehead atoms. The van der Waals surface area contributed by atoms with Crippen molar-refractivity contribution >= 4 is 5.78 Å². The fourth-order valence-corrected chi connectivity index (χ4v) is 2.30. The van der Waals surface area contributed by atoms with E-state index in [1.165, 1.54) is 5.56 Å². The lowest BCUT2D eigenvalue weighted by Crippen LogP contribution is -2.34. The van der Waals surface area contributed by atoms with Crippen LogP contribution in [0.4, 0.5) is 0 Å². The summed E-state index contributed by atoms with van der Waals surface area (Å²) in [5.41, 5.74) is 1.96. The molecule has 0 amide bonds. The number of fused-ring (bicyclic) bond motifs is 1. The van der Waals surface area contributed by atoms with Crippen LogP contribution in [0.25, 0.3) is 0 Å². The number of rotatable bonds is 1. The molecule has 0 heterocycles. The molecule has 0 saturated heterocycles. The largest absolute Gasteiger partial charge is 0.496 e. The third-order valence-corrected chi connectivity index (χ3v) is 3.33. The topological polar surface area (TPSA) is 26.3 Å². The van der Waals surface area contributed by atoms with E-state index in [4.69, 9.17) is 4.74 Å². The zero-order valence-electron chi connectivity index (χ0n) is 9.46. The lowest BCUT2D eigenvalue weighted by atomic mass is 9.71. The summed E-state index contributed by atoms with van der Waals surface area (Å²) in [7, 11) is 1.68. The Morgan fingerprint density at radius 3 is 2.67 bits per heavy atom. The number of hydrogen-bond acceptors (Lipinski definition) is 2. The van der Waals surface area contributed by atoms with Crippen molar-refractivity contribution in [3.63, 3.8) is 0 Å². The van der Waals surface area contributed by atoms with Crippen LogP contribution in [0.3, 0.4) is 0 Å². The zero-order chi connectivity index (χ0) is 11.1. The van der Waals surface area contributed by atoms with E-state index in [-0.39, 0.29) is 5.41 Å². The van der Waals surface area contributed by atoms with Crippen molar-refractivity contribution in [1.82, 2.24) is 0 Å². The number of hydrogen-bond donors (Lipinski definition) is 0. The first-order chi connectivity index (χ1) is 7.07. The Kier molecular flexibility index (Phi) is 2.29. The van der Waals surface area contributed by atoms with Gasteiger partial charge in [-0.1, -0.05) is 12.1 Å². The highest BCUT2D eigenvalue weighted by molar-refractivity contribution is 5.91. The van der Waals surface area contributed by atoms with Gasteiger partial charge in [0, 0.05) is 11.8 Å². The fraction of sp³-hybridized carbons (Fsp3) is 0.462. The number of carbonyl (C=O) groups is 1. The van der Waals surface area contributed by atoms with Crippen LogP contribution >= 0.6 is 0 Å². The summed E-state index contributed by atoms with van der Waals surface area (Å²) in [6, 6.07) is 5.96. The third-order valence-electron chi connectivity index (χ3n) is 3.33. The predicted octanol–water partition coefficient (Wildman–Crippen LogP) is 2.49. The van der Waals surface area contributed by atoms with Gasteiger partial charge in [-0.25, -0.2) is 0 Å². The van der Waals surface area contributed by atoms with Crippen molar-refractivity contribution in [2.24, 2.45) is 0 Å². The summed E-state index contributed by atoms with van der Waals surface area (Å²) in [4.78, 5) is 11.8. The summed E-state index contributed by atoms with van der Waals surface area (Å²) in [6.45, 7) is 3.99. The summed E-state index contributed by atoms with van der Waals surface area (Å²) >= 11 is 0. The second kappa shape index (κ2) is 3.37. The molecule has 2 rings (SSSR count). The van der Waals surface area contributed by atoms with E-state index in [2.05, 4.69) is 0 Å². The zero-order valence-corrected chi connectivity index (χ0v) is 9.46. The highest BCUT2D eigenvalue weighted by Crippen LogP contribution is 2.38. The molecule has 2 heteroatoms. The van der Waals surface area contributed by atoms with Crippen LogP contribution in [0.1, 0.15) is 31.4 Å². The monoisotopic (exact) mass is 204 g/mol. The summed E-state index contributed by atoms with van der Waals surface area (Å²) < 4.78 is 5.33. The van der Waals surface area contributed by atoms with Crippen LogP contribution in [-0.2, 0) is 16.6 Å². The molecule has 1 aromatic rings. The minimum absolute atomic E-state index is 0.322. The summed E-state index contributed by atoms with van der Waals surface area (Å²) in [5.74, 6) is 1.23. The van der Waals surface area contributed by atoms with Gasteiger partial charge < -0.3 is 4.74 Å². The number of ketones is 1. The lowest BCUT2D eigenvalue weighted by molar-refractivity contribution is -0.124. The first-order valence-electron chi connectivity index (χ1n) is 5.27. The molecule has 0 saturated carbocycles. The number of carbonyl (C=O) groups excluding carboxylic acids is 1. The van der Waals surface area contributed by atoms with Crippen LogP contribution in [0.5, 0.6) is 5.75 Å². The average Bonchev–Trinajstić information content (AvgIpc) is 2.23. The minimum atomic E-state index is -0.359. The Bertz CT molecular complexity index is 405. The normalized spacial score (nSPS) is 18.5. The number of Topliss-reactive ketones (excluding diaryl/α,β-unsaturated/α-hetero) is 1. The molecule has 0 aliphatic heterocycles. The highest BCUT2D eigenvalue weighted by Gasteiger charge is 2.35. The van der Waals surface area contributed by atoms with Crippen LogP contribution in [0, 0.1) is 0 Å². The van der Waals surface area contributed by atoms with Gasteiger partial charge >= 0.3 is 0 Å². The van der Waals surface area contributed by atoms with Gasteiger partial charge in [-0.05, 0) is 37.5 Å². The molecule has 1 aliphatic carbocycles. The second-order valence-electron chi connectivity index (χ2n) is 4.53. The molecule has 2 nitrogen and oxygen atoms in total. The van der Waals surface area contributed by atoms with Crippen LogP contribution in [0.2, 0.25) is 0 Å². The van der Waals surface area contributed by atoms with Crippen molar-refractivity contribution in [1.29, 1.82) is 0 Å². The van der Waals surface area contributed by atoms with E-state index in [1.54, 1.807) is 7.11 Å². The molecule has 0 radical (unpaired) electrons. The maximum atomic E-state index is 11.8. The highest BCUT2D eigenvalue weighted by atomic mass is 16.5. The molecule has 0 N–H and O–H groups in total. The number of ether oxygens (including phenoxy) is 1. The Morgan fingerprint density at radius 2 is 2.00 bits per heavy atom. The number of methoxy groups -OCH3 is 1. The molecule has 0 unspecified atom stereocenters. The van der Waals surface area contributed by atoms with Crippen LogP contribution in [-0.4, -0.2) is 12.9 Å². The molecule has 80 valence electrons. The quantitative estimate of drug-likeness (QED) is 0.702. The van der Waals surface area contributed by atoms with Gasteiger partial charge in [-0.15, -0.1) is 0 Å². The third kappa shape index (κ3) is 1.44. The van der Waals surface area contributed by atoms with E-state index in [0.29, 0.717) is 12.2 Å². The SMILES string of the molecule is COc1cccc2c1CCC(=O)C2(C)C. The summed E-state index contributed by atoms with van der Waals surface area (Å²) in [5, 5.41) is 0. The molecule has 15 heavy (non-hydrogen) atoms. The molecule has 1 aliphatic rings. The van der Waals surface area contributed by atoms with Crippen molar-refractivity contribution in [2.45, 2.75) is 32.1 Å². The van der Waals surface area contributed by atoms with E-state index in [0.717, 1.165) is 17.7 Å². The Hall–Kier alpha value is -1.31. The van der Waals surface area contributed by atoms with Gasteiger partial charge in [-0.2, -0.15) is 0 Å². The molecule has 0 aromatic heterocycles. The molecule has 0 atom stereocenters. The van der Waals surface area contributed by atoms with E-state index < -0.39 is 0 Å². The molecular weight excluding hydrogens is 188 g/mol. The molecule has 1 aromatic carbocycles. The van der Waals surface area contributed by atoms with Crippen molar-refractivity contribution in [2.75, 3.05) is 7.11 Å². The average molecular weight is 204 g/mol. The fourth-order valence-electron chi connectivity index (χ4n) is 2.30. The van der Waals surface area contributed by atoms with Gasteiger partial charge in [-0.3, -0.25) is 4.79 Å².